The Bertz CT molecular complexity index is 693. The molecule has 0 aromatic heterocycles. The summed E-state index contributed by atoms with van der Waals surface area (Å²) in [5.74, 6) is 1.54. The summed E-state index contributed by atoms with van der Waals surface area (Å²) in [6.07, 6.45) is 2.33. The van der Waals surface area contributed by atoms with Gasteiger partial charge >= 0.3 is 0 Å². The molecule has 2 unspecified atom stereocenters. The van der Waals surface area contributed by atoms with Gasteiger partial charge in [0.1, 0.15) is 0 Å². The van der Waals surface area contributed by atoms with Crippen LogP contribution in [-0.4, -0.2) is 59.3 Å². The van der Waals surface area contributed by atoms with Gasteiger partial charge in [-0.2, -0.15) is 0 Å². The van der Waals surface area contributed by atoms with Crippen molar-refractivity contribution in [1.82, 2.24) is 10.6 Å². The van der Waals surface area contributed by atoms with Gasteiger partial charge in [0.05, 0.1) is 32.9 Å². The van der Waals surface area contributed by atoms with Crippen LogP contribution in [0, 0.1) is 11.8 Å². The van der Waals surface area contributed by atoms with Crippen molar-refractivity contribution >= 4 is 17.5 Å². The number of benzene rings is 1. The fourth-order valence-electron chi connectivity index (χ4n) is 3.86. The van der Waals surface area contributed by atoms with Crippen molar-refractivity contribution in [3.8, 4) is 17.2 Å². The lowest BCUT2D eigenvalue weighted by atomic mass is 10.0. The van der Waals surface area contributed by atoms with Crippen molar-refractivity contribution < 1.29 is 23.8 Å². The summed E-state index contributed by atoms with van der Waals surface area (Å²) in [6, 6.07) is 3.46. The Kier molecular flexibility index (Phi) is 6.61. The molecule has 2 aliphatic heterocycles. The molecule has 154 valence electrons. The summed E-state index contributed by atoms with van der Waals surface area (Å²) in [5.41, 5.74) is 0.631. The summed E-state index contributed by atoms with van der Waals surface area (Å²) in [5, 5.41) is 6.32. The topological polar surface area (TPSA) is 89.1 Å². The van der Waals surface area contributed by atoms with Crippen LogP contribution in [0.4, 0.5) is 5.69 Å². The molecule has 0 spiro atoms. The predicted octanol–water partition coefficient (Wildman–Crippen LogP) is 1.18. The smallest absolute Gasteiger partial charge is 0.227 e. The van der Waals surface area contributed by atoms with E-state index in [0.29, 0.717) is 41.9 Å². The molecule has 8 nitrogen and oxygen atoms in total. The van der Waals surface area contributed by atoms with Crippen LogP contribution in [0.1, 0.15) is 19.3 Å². The second kappa shape index (κ2) is 9.14. The monoisotopic (exact) mass is 391 g/mol. The van der Waals surface area contributed by atoms with Gasteiger partial charge < -0.3 is 29.7 Å². The van der Waals surface area contributed by atoms with Crippen LogP contribution in [0.15, 0.2) is 12.1 Å². The number of nitrogens with zero attached hydrogens (tertiary/aromatic N) is 1. The van der Waals surface area contributed by atoms with Gasteiger partial charge in [-0.15, -0.1) is 0 Å². The number of amides is 2. The third kappa shape index (κ3) is 4.32. The molecule has 2 heterocycles. The summed E-state index contributed by atoms with van der Waals surface area (Å²) in [7, 11) is 4.59. The zero-order valence-electron chi connectivity index (χ0n) is 16.7. The molecular weight excluding hydrogens is 362 g/mol. The number of hydrogen-bond acceptors (Lipinski definition) is 6. The fourth-order valence-corrected chi connectivity index (χ4v) is 3.86. The summed E-state index contributed by atoms with van der Waals surface area (Å²) >= 11 is 0. The number of methoxy groups -OCH3 is 3. The lowest BCUT2D eigenvalue weighted by molar-refractivity contribution is -0.126. The van der Waals surface area contributed by atoms with Gasteiger partial charge in [-0.05, 0) is 31.8 Å². The molecule has 2 N–H and O–H groups in total. The van der Waals surface area contributed by atoms with Crippen molar-refractivity contribution in [2.45, 2.75) is 19.3 Å². The van der Waals surface area contributed by atoms with Crippen molar-refractivity contribution in [3.05, 3.63) is 12.1 Å². The van der Waals surface area contributed by atoms with E-state index in [4.69, 9.17) is 14.2 Å². The van der Waals surface area contributed by atoms with Crippen LogP contribution in [-0.2, 0) is 9.59 Å². The van der Waals surface area contributed by atoms with Crippen LogP contribution >= 0.6 is 0 Å². The van der Waals surface area contributed by atoms with Crippen molar-refractivity contribution in [1.29, 1.82) is 0 Å². The van der Waals surface area contributed by atoms with Gasteiger partial charge in [-0.1, -0.05) is 0 Å². The van der Waals surface area contributed by atoms with Crippen LogP contribution in [0.25, 0.3) is 0 Å². The third-order valence-corrected chi connectivity index (χ3v) is 5.47. The van der Waals surface area contributed by atoms with Crippen LogP contribution in [0.5, 0.6) is 17.2 Å². The number of carbonyl (C=O) groups is 2. The second-order valence-electron chi connectivity index (χ2n) is 7.23. The minimum atomic E-state index is -0.353. The standard InChI is InChI=1S/C20H29N3O5/c1-26-16-9-15(10-17(27-2)19(16)28-3)23-12-14(8-18(23)24)20(25)22-7-5-13-4-6-21-11-13/h9-10,13-14,21H,4-8,11-12H2,1-3H3,(H,22,25). The average molecular weight is 391 g/mol. The predicted molar refractivity (Wildman–Crippen MR) is 105 cm³/mol. The first-order valence-electron chi connectivity index (χ1n) is 9.66. The molecule has 2 aliphatic rings. The molecule has 1 aromatic carbocycles. The Hall–Kier alpha value is -2.48. The zero-order chi connectivity index (χ0) is 20.1. The molecule has 2 saturated heterocycles. The lowest BCUT2D eigenvalue weighted by Gasteiger charge is -2.20. The Morgan fingerprint density at radius 2 is 1.93 bits per heavy atom. The van der Waals surface area contributed by atoms with Crippen molar-refractivity contribution in [2.75, 3.05) is 52.4 Å². The van der Waals surface area contributed by atoms with Gasteiger partial charge in [0, 0.05) is 31.6 Å². The Balaban J connectivity index is 1.64. The molecule has 2 atom stereocenters. The number of rotatable bonds is 8. The molecule has 0 radical (unpaired) electrons. The molecule has 8 heteroatoms. The first kappa shape index (κ1) is 20.3. The Labute approximate surface area is 165 Å². The normalized spacial score (nSPS) is 21.7. The summed E-state index contributed by atoms with van der Waals surface area (Å²) < 4.78 is 16.1. The highest BCUT2D eigenvalue weighted by molar-refractivity contribution is 6.00. The minimum absolute atomic E-state index is 0.0609. The number of nitrogens with one attached hydrogen (secondary N) is 2. The van der Waals surface area contributed by atoms with Gasteiger partial charge in [0.15, 0.2) is 11.5 Å². The van der Waals surface area contributed by atoms with Crippen molar-refractivity contribution in [2.24, 2.45) is 11.8 Å². The van der Waals surface area contributed by atoms with E-state index in [-0.39, 0.29) is 24.2 Å². The molecule has 0 saturated carbocycles. The van der Waals surface area contributed by atoms with E-state index in [1.165, 1.54) is 21.3 Å². The molecule has 1 aromatic rings. The van der Waals surface area contributed by atoms with E-state index in [2.05, 4.69) is 10.6 Å². The Morgan fingerprint density at radius 1 is 1.21 bits per heavy atom. The zero-order valence-corrected chi connectivity index (χ0v) is 16.7. The largest absolute Gasteiger partial charge is 0.493 e. The SMILES string of the molecule is COc1cc(N2CC(C(=O)NCCC3CCNC3)CC2=O)cc(OC)c1OC. The van der Waals surface area contributed by atoms with Crippen molar-refractivity contribution in [3.63, 3.8) is 0 Å². The maximum atomic E-state index is 12.6. The van der Waals surface area contributed by atoms with E-state index in [9.17, 15) is 9.59 Å². The number of ether oxygens (including phenoxy) is 3. The maximum absolute atomic E-state index is 12.6. The molecular formula is C20H29N3O5. The summed E-state index contributed by atoms with van der Waals surface area (Å²) in [6.45, 7) is 3.07. The molecule has 0 bridgehead atoms. The van der Waals surface area contributed by atoms with Gasteiger partial charge in [-0.25, -0.2) is 0 Å². The minimum Gasteiger partial charge on any atom is -0.493 e. The van der Waals surface area contributed by atoms with Crippen LogP contribution in [0.2, 0.25) is 0 Å². The molecule has 2 amide bonds. The van der Waals surface area contributed by atoms with E-state index < -0.39 is 0 Å². The van der Waals surface area contributed by atoms with Crippen LogP contribution in [0.3, 0.4) is 0 Å². The van der Waals surface area contributed by atoms with E-state index in [1.807, 2.05) is 0 Å². The second-order valence-corrected chi connectivity index (χ2v) is 7.23. The summed E-state index contributed by atoms with van der Waals surface area (Å²) in [4.78, 5) is 26.7. The first-order valence-corrected chi connectivity index (χ1v) is 9.66. The van der Waals surface area contributed by atoms with Gasteiger partial charge in [0.25, 0.3) is 0 Å². The highest BCUT2D eigenvalue weighted by Crippen LogP contribution is 2.42. The number of carbonyl (C=O) groups excluding carboxylic acids is 2. The maximum Gasteiger partial charge on any atom is 0.227 e. The number of anilines is 1. The molecule has 3 rings (SSSR count). The third-order valence-electron chi connectivity index (χ3n) is 5.47. The number of hydrogen-bond donors (Lipinski definition) is 2. The molecule has 0 aliphatic carbocycles. The van der Waals surface area contributed by atoms with Gasteiger partial charge in [-0.3, -0.25) is 9.59 Å². The highest BCUT2D eigenvalue weighted by atomic mass is 16.5. The fraction of sp³-hybridized carbons (Fsp3) is 0.600. The van der Waals surface area contributed by atoms with E-state index >= 15 is 0 Å². The average Bonchev–Trinajstić information content (AvgIpc) is 3.36. The highest BCUT2D eigenvalue weighted by Gasteiger charge is 2.36. The lowest BCUT2D eigenvalue weighted by Crippen LogP contribution is -2.34. The van der Waals surface area contributed by atoms with E-state index in [1.54, 1.807) is 17.0 Å². The molecule has 28 heavy (non-hydrogen) atoms. The van der Waals surface area contributed by atoms with Crippen LogP contribution < -0.4 is 29.7 Å². The van der Waals surface area contributed by atoms with E-state index in [0.717, 1.165) is 25.9 Å². The molecule has 2 fully saturated rings. The first-order chi connectivity index (χ1) is 13.6. The Morgan fingerprint density at radius 3 is 2.50 bits per heavy atom. The quantitative estimate of drug-likeness (QED) is 0.692. The van der Waals surface area contributed by atoms with Gasteiger partial charge in [0.2, 0.25) is 17.6 Å².